The molecule has 1 aromatic rings. The first-order valence-corrected chi connectivity index (χ1v) is 5.95. The number of benzene rings is 1. The van der Waals surface area contributed by atoms with E-state index in [4.69, 9.17) is 24.4 Å². The minimum Gasteiger partial charge on any atom is -0.346 e. The van der Waals surface area contributed by atoms with Gasteiger partial charge in [-0.25, -0.2) is 4.39 Å². The summed E-state index contributed by atoms with van der Waals surface area (Å²) >= 11 is 10.5. The van der Waals surface area contributed by atoms with Crippen LogP contribution in [0.1, 0.15) is 6.42 Å². The summed E-state index contributed by atoms with van der Waals surface area (Å²) in [5.41, 5.74) is 1.62. The van der Waals surface area contributed by atoms with Gasteiger partial charge in [-0.2, -0.15) is 0 Å². The van der Waals surface area contributed by atoms with Gasteiger partial charge in [0.15, 0.2) is 0 Å². The van der Waals surface area contributed by atoms with Crippen LogP contribution in [0.4, 0.5) is 10.1 Å². The molecule has 86 valence electrons. The van der Waals surface area contributed by atoms with Crippen LogP contribution in [0.15, 0.2) is 48.1 Å². The van der Waals surface area contributed by atoms with Crippen LogP contribution in [-0.4, -0.2) is 9.85 Å². The molecular weight excluding hydrogens is 253 g/mol. The van der Waals surface area contributed by atoms with E-state index in [9.17, 15) is 4.39 Å². The minimum atomic E-state index is -0.267. The van der Waals surface area contributed by atoms with E-state index in [0.717, 1.165) is 22.5 Å². The molecular formula is C13H10FNS2. The lowest BCUT2D eigenvalue weighted by Gasteiger charge is -2.13. The van der Waals surface area contributed by atoms with Crippen molar-refractivity contribution in [2.45, 2.75) is 6.42 Å². The molecule has 0 aromatic heterocycles. The molecule has 1 aliphatic carbocycles. The van der Waals surface area contributed by atoms with Crippen molar-refractivity contribution in [2.24, 2.45) is 0 Å². The molecule has 0 atom stereocenters. The molecule has 1 nitrogen and oxygen atoms in total. The van der Waals surface area contributed by atoms with Crippen molar-refractivity contribution in [3.8, 4) is 0 Å². The van der Waals surface area contributed by atoms with E-state index in [1.54, 1.807) is 12.1 Å². The van der Waals surface area contributed by atoms with Crippen molar-refractivity contribution in [1.29, 1.82) is 0 Å². The van der Waals surface area contributed by atoms with Gasteiger partial charge in [-0.15, -0.1) is 0 Å². The number of hydrogen-bond donors (Lipinski definition) is 1. The van der Waals surface area contributed by atoms with Crippen molar-refractivity contribution in [2.75, 3.05) is 5.32 Å². The Morgan fingerprint density at radius 1 is 1.24 bits per heavy atom. The topological polar surface area (TPSA) is 12.0 Å². The van der Waals surface area contributed by atoms with Gasteiger partial charge in [-0.3, -0.25) is 0 Å². The molecule has 0 saturated carbocycles. The van der Waals surface area contributed by atoms with Crippen LogP contribution in [-0.2, 0) is 0 Å². The third-order valence-corrected chi connectivity index (χ3v) is 3.06. The van der Waals surface area contributed by atoms with Gasteiger partial charge in [0.2, 0.25) is 0 Å². The first-order chi connectivity index (χ1) is 8.16. The Labute approximate surface area is 110 Å². The molecule has 0 amide bonds. The van der Waals surface area contributed by atoms with Crippen LogP contribution in [0.2, 0.25) is 0 Å². The summed E-state index contributed by atoms with van der Waals surface area (Å²) < 4.78 is 12.7. The normalized spacial score (nSPS) is 14.4. The third kappa shape index (κ3) is 3.05. The zero-order chi connectivity index (χ0) is 12.3. The van der Waals surface area contributed by atoms with E-state index in [1.165, 1.54) is 12.1 Å². The molecule has 0 heterocycles. The highest BCUT2D eigenvalue weighted by molar-refractivity contribution is 7.83. The molecule has 0 spiro atoms. The summed E-state index contributed by atoms with van der Waals surface area (Å²) in [6.07, 6.45) is 6.56. The lowest BCUT2D eigenvalue weighted by atomic mass is 10.0. The van der Waals surface area contributed by atoms with Crippen LogP contribution < -0.4 is 5.32 Å². The zero-order valence-corrected chi connectivity index (χ0v) is 10.6. The third-order valence-electron chi connectivity index (χ3n) is 2.35. The summed E-state index contributed by atoms with van der Waals surface area (Å²) in [7, 11) is 0. The van der Waals surface area contributed by atoms with Crippen LogP contribution in [0.5, 0.6) is 0 Å². The van der Waals surface area contributed by atoms with Crippen molar-refractivity contribution >= 4 is 40.0 Å². The predicted octanol–water partition coefficient (Wildman–Crippen LogP) is 3.82. The number of nitrogens with one attached hydrogen (secondary N) is 1. The standard InChI is InChI=1S/C13H10FNS2/c14-9-5-7-10(8-6-9)15-13(17)11-3-1-2-4-12(11)16/h1-3,5-8H,4H2,(H,15,17). The number of allylic oxidation sites excluding steroid dienone is 3. The van der Waals surface area contributed by atoms with Crippen molar-refractivity contribution in [3.05, 3.63) is 53.9 Å². The summed E-state index contributed by atoms with van der Waals surface area (Å²) in [5.74, 6) is -0.267. The smallest absolute Gasteiger partial charge is 0.123 e. The summed E-state index contributed by atoms with van der Waals surface area (Å²) in [4.78, 5) is 1.40. The average Bonchev–Trinajstić information content (AvgIpc) is 2.32. The summed E-state index contributed by atoms with van der Waals surface area (Å²) in [6, 6.07) is 6.06. The highest BCUT2D eigenvalue weighted by Crippen LogP contribution is 2.15. The second-order valence-corrected chi connectivity index (χ2v) is 4.50. The second kappa shape index (κ2) is 5.29. The highest BCUT2D eigenvalue weighted by atomic mass is 32.1. The molecule has 4 heteroatoms. The lowest BCUT2D eigenvalue weighted by molar-refractivity contribution is 0.628. The molecule has 1 aromatic carbocycles. The maximum Gasteiger partial charge on any atom is 0.123 e. The molecule has 0 radical (unpaired) electrons. The van der Waals surface area contributed by atoms with Gasteiger partial charge in [-0.05, 0) is 24.3 Å². The fourth-order valence-corrected chi connectivity index (χ4v) is 2.12. The first kappa shape index (κ1) is 12.1. The Morgan fingerprint density at radius 2 is 1.94 bits per heavy atom. The maximum absolute atomic E-state index is 12.7. The largest absolute Gasteiger partial charge is 0.346 e. The van der Waals surface area contributed by atoms with E-state index in [-0.39, 0.29) is 5.82 Å². The van der Waals surface area contributed by atoms with Gasteiger partial charge in [0.1, 0.15) is 10.8 Å². The molecule has 1 aliphatic rings. The van der Waals surface area contributed by atoms with Gasteiger partial charge in [0.05, 0.1) is 0 Å². The molecule has 0 bridgehead atoms. The van der Waals surface area contributed by atoms with E-state index in [0.29, 0.717) is 4.99 Å². The Bertz CT molecular complexity index is 515. The van der Waals surface area contributed by atoms with E-state index < -0.39 is 0 Å². The van der Waals surface area contributed by atoms with E-state index in [2.05, 4.69) is 5.32 Å². The van der Waals surface area contributed by atoms with Crippen LogP contribution in [0, 0.1) is 5.82 Å². The SMILES string of the molecule is Fc1ccc(NC(=S)C2=CC=CCC2=S)cc1. The quantitative estimate of drug-likeness (QED) is 0.815. The number of hydrogen-bond acceptors (Lipinski definition) is 2. The zero-order valence-electron chi connectivity index (χ0n) is 8.94. The minimum absolute atomic E-state index is 0.267. The lowest BCUT2D eigenvalue weighted by Crippen LogP contribution is -2.18. The first-order valence-electron chi connectivity index (χ1n) is 5.14. The number of anilines is 1. The van der Waals surface area contributed by atoms with E-state index in [1.807, 2.05) is 18.2 Å². The van der Waals surface area contributed by atoms with Gasteiger partial charge in [0.25, 0.3) is 0 Å². The Balaban J connectivity index is 2.11. The maximum atomic E-state index is 12.7. The van der Waals surface area contributed by atoms with Gasteiger partial charge in [0, 0.05) is 22.5 Å². The Hall–Kier alpha value is -1.39. The summed E-state index contributed by atoms with van der Waals surface area (Å²) in [6.45, 7) is 0. The predicted molar refractivity (Wildman–Crippen MR) is 77.1 cm³/mol. The summed E-state index contributed by atoms with van der Waals surface area (Å²) in [5, 5.41) is 3.04. The molecule has 0 aliphatic heterocycles. The number of halogens is 1. The molecule has 0 saturated heterocycles. The molecule has 1 N–H and O–H groups in total. The second-order valence-electron chi connectivity index (χ2n) is 3.60. The average molecular weight is 263 g/mol. The Kier molecular flexibility index (Phi) is 3.76. The molecule has 0 unspecified atom stereocenters. The van der Waals surface area contributed by atoms with Crippen LogP contribution in [0.25, 0.3) is 0 Å². The van der Waals surface area contributed by atoms with Gasteiger partial charge >= 0.3 is 0 Å². The van der Waals surface area contributed by atoms with Crippen molar-refractivity contribution in [3.63, 3.8) is 0 Å². The molecule has 2 rings (SSSR count). The fraction of sp³-hybridized carbons (Fsp3) is 0.0769. The van der Waals surface area contributed by atoms with Gasteiger partial charge < -0.3 is 5.32 Å². The highest BCUT2D eigenvalue weighted by Gasteiger charge is 2.11. The molecule has 0 fully saturated rings. The van der Waals surface area contributed by atoms with Crippen LogP contribution >= 0.6 is 24.4 Å². The van der Waals surface area contributed by atoms with E-state index >= 15 is 0 Å². The number of thiocarbonyl (C=S) groups is 2. The van der Waals surface area contributed by atoms with Crippen molar-refractivity contribution in [1.82, 2.24) is 0 Å². The van der Waals surface area contributed by atoms with Crippen molar-refractivity contribution < 1.29 is 4.39 Å². The van der Waals surface area contributed by atoms with Crippen LogP contribution in [0.3, 0.4) is 0 Å². The monoisotopic (exact) mass is 263 g/mol. The fourth-order valence-electron chi connectivity index (χ4n) is 1.48. The van der Waals surface area contributed by atoms with Gasteiger partial charge in [-0.1, -0.05) is 42.7 Å². The number of rotatable bonds is 2. The molecule has 17 heavy (non-hydrogen) atoms. The Morgan fingerprint density at radius 3 is 2.59 bits per heavy atom.